The molecule has 2 rings (SSSR count). The molecule has 0 spiro atoms. The average molecular weight is 311 g/mol. The van der Waals surface area contributed by atoms with Crippen molar-refractivity contribution in [1.29, 1.82) is 0 Å². The first-order chi connectivity index (χ1) is 10.0. The van der Waals surface area contributed by atoms with Gasteiger partial charge in [0.2, 0.25) is 5.91 Å². The van der Waals surface area contributed by atoms with E-state index in [0.717, 1.165) is 36.6 Å². The van der Waals surface area contributed by atoms with Crippen molar-refractivity contribution in [3.05, 3.63) is 15.6 Å². The number of likely N-dealkylation sites (tertiary alicyclic amines) is 1. The Balaban J connectivity index is 1.83. The minimum atomic E-state index is 0.0926. The second kappa shape index (κ2) is 7.33. The lowest BCUT2D eigenvalue weighted by atomic mass is 10.0. The number of piperidine rings is 1. The van der Waals surface area contributed by atoms with E-state index < -0.39 is 0 Å². The van der Waals surface area contributed by atoms with Gasteiger partial charge in [-0.05, 0) is 33.6 Å². The molecule has 1 aromatic heterocycles. The van der Waals surface area contributed by atoms with Gasteiger partial charge in [0, 0.05) is 37.2 Å². The van der Waals surface area contributed by atoms with E-state index in [1.165, 1.54) is 4.88 Å². The molecule has 1 aliphatic rings. The van der Waals surface area contributed by atoms with E-state index >= 15 is 0 Å². The lowest BCUT2D eigenvalue weighted by Gasteiger charge is -2.33. The van der Waals surface area contributed by atoms with Gasteiger partial charge in [-0.25, -0.2) is 4.98 Å². The minimum Gasteiger partial charge on any atom is -0.375 e. The quantitative estimate of drug-likeness (QED) is 0.904. The second-order valence-electron chi connectivity index (χ2n) is 5.65. The molecule has 5 nitrogen and oxygen atoms in total. The lowest BCUT2D eigenvalue weighted by molar-refractivity contribution is -0.136. The predicted molar refractivity (Wildman–Crippen MR) is 84.6 cm³/mol. The fourth-order valence-corrected chi connectivity index (χ4v) is 3.80. The molecule has 1 fully saturated rings. The Labute approximate surface area is 130 Å². The number of carbonyl (C=O) groups is 1. The molecule has 118 valence electrons. The van der Waals surface area contributed by atoms with E-state index in [0.29, 0.717) is 6.04 Å². The zero-order valence-corrected chi connectivity index (χ0v) is 14.1. The van der Waals surface area contributed by atoms with Crippen molar-refractivity contribution in [2.24, 2.45) is 0 Å². The fraction of sp³-hybridized carbons (Fsp3) is 0.733. The maximum atomic E-state index is 11.8. The lowest BCUT2D eigenvalue weighted by Crippen LogP contribution is -2.46. The number of hydrogen-bond acceptors (Lipinski definition) is 5. The third-order valence-electron chi connectivity index (χ3n) is 3.95. The van der Waals surface area contributed by atoms with Crippen LogP contribution in [0.15, 0.2) is 0 Å². The van der Waals surface area contributed by atoms with E-state index in [9.17, 15) is 4.79 Å². The second-order valence-corrected chi connectivity index (χ2v) is 7.06. The molecule has 1 atom stereocenters. The maximum absolute atomic E-state index is 11.8. The van der Waals surface area contributed by atoms with Crippen LogP contribution in [0, 0.1) is 13.8 Å². The number of hydrogen-bond donors (Lipinski definition) is 1. The van der Waals surface area contributed by atoms with Crippen LogP contribution in [-0.2, 0) is 9.53 Å². The van der Waals surface area contributed by atoms with Crippen LogP contribution >= 0.6 is 11.3 Å². The highest BCUT2D eigenvalue weighted by Gasteiger charge is 2.24. The Kier molecular flexibility index (Phi) is 5.72. The SMILES string of the molecule is COCC(=O)N1CCC(NC(C)c2nc(C)sc2C)CC1. The minimum absolute atomic E-state index is 0.0926. The first kappa shape index (κ1) is 16.4. The van der Waals surface area contributed by atoms with Gasteiger partial charge in [-0.1, -0.05) is 0 Å². The Bertz CT molecular complexity index is 481. The maximum Gasteiger partial charge on any atom is 0.248 e. The molecule has 1 aromatic rings. The van der Waals surface area contributed by atoms with Crippen LogP contribution < -0.4 is 5.32 Å². The molecule has 0 saturated carbocycles. The zero-order valence-electron chi connectivity index (χ0n) is 13.3. The molecule has 1 N–H and O–H groups in total. The molecule has 6 heteroatoms. The number of aromatic nitrogens is 1. The monoisotopic (exact) mass is 311 g/mol. The number of nitrogens with one attached hydrogen (secondary N) is 1. The highest BCUT2D eigenvalue weighted by Crippen LogP contribution is 2.24. The molecular weight excluding hydrogens is 286 g/mol. The fourth-order valence-electron chi connectivity index (χ4n) is 2.89. The summed E-state index contributed by atoms with van der Waals surface area (Å²) in [5.74, 6) is 0.0926. The number of rotatable bonds is 5. The van der Waals surface area contributed by atoms with Gasteiger partial charge in [0.15, 0.2) is 0 Å². The van der Waals surface area contributed by atoms with Gasteiger partial charge in [-0.15, -0.1) is 11.3 Å². The Morgan fingerprint density at radius 2 is 2.14 bits per heavy atom. The zero-order chi connectivity index (χ0) is 15.4. The van der Waals surface area contributed by atoms with Gasteiger partial charge in [0.05, 0.1) is 10.7 Å². The summed E-state index contributed by atoms with van der Waals surface area (Å²) in [5.41, 5.74) is 1.16. The van der Waals surface area contributed by atoms with Crippen LogP contribution in [-0.4, -0.2) is 48.6 Å². The Hall–Kier alpha value is -0.980. The van der Waals surface area contributed by atoms with Crippen molar-refractivity contribution in [1.82, 2.24) is 15.2 Å². The molecule has 1 saturated heterocycles. The van der Waals surface area contributed by atoms with Crippen LogP contribution in [0.4, 0.5) is 0 Å². The smallest absolute Gasteiger partial charge is 0.248 e. The van der Waals surface area contributed by atoms with Gasteiger partial charge in [0.1, 0.15) is 6.61 Å². The topological polar surface area (TPSA) is 54.5 Å². The van der Waals surface area contributed by atoms with Gasteiger partial charge in [-0.3, -0.25) is 4.79 Å². The molecule has 0 radical (unpaired) electrons. The van der Waals surface area contributed by atoms with Gasteiger partial charge in [-0.2, -0.15) is 0 Å². The van der Waals surface area contributed by atoms with E-state index in [1.54, 1.807) is 18.4 Å². The van der Waals surface area contributed by atoms with E-state index in [2.05, 4.69) is 24.1 Å². The van der Waals surface area contributed by atoms with Crippen molar-refractivity contribution in [3.63, 3.8) is 0 Å². The molecule has 0 bridgehead atoms. The summed E-state index contributed by atoms with van der Waals surface area (Å²) in [4.78, 5) is 19.6. The summed E-state index contributed by atoms with van der Waals surface area (Å²) in [6.45, 7) is 8.15. The van der Waals surface area contributed by atoms with E-state index in [-0.39, 0.29) is 18.6 Å². The van der Waals surface area contributed by atoms with Crippen molar-refractivity contribution >= 4 is 17.2 Å². The van der Waals surface area contributed by atoms with Crippen molar-refractivity contribution < 1.29 is 9.53 Å². The van der Waals surface area contributed by atoms with Crippen LogP contribution in [0.1, 0.15) is 41.4 Å². The van der Waals surface area contributed by atoms with Crippen molar-refractivity contribution in [2.45, 2.75) is 45.7 Å². The number of carbonyl (C=O) groups excluding carboxylic acids is 1. The van der Waals surface area contributed by atoms with Crippen LogP contribution in [0.25, 0.3) is 0 Å². The first-order valence-corrected chi connectivity index (χ1v) is 8.29. The number of thiazole rings is 1. The Morgan fingerprint density at radius 1 is 1.48 bits per heavy atom. The van der Waals surface area contributed by atoms with Gasteiger partial charge in [0.25, 0.3) is 0 Å². The number of ether oxygens (including phenoxy) is 1. The normalized spacial score (nSPS) is 18.0. The summed E-state index contributed by atoms with van der Waals surface area (Å²) < 4.78 is 4.91. The predicted octanol–water partition coefficient (Wildman–Crippen LogP) is 2.05. The summed E-state index contributed by atoms with van der Waals surface area (Å²) in [5, 5.41) is 4.78. The Morgan fingerprint density at radius 3 is 2.67 bits per heavy atom. The number of nitrogens with zero attached hydrogens (tertiary/aromatic N) is 2. The molecule has 2 heterocycles. The highest BCUT2D eigenvalue weighted by molar-refractivity contribution is 7.11. The molecule has 0 aliphatic carbocycles. The van der Waals surface area contributed by atoms with Crippen molar-refractivity contribution in [3.8, 4) is 0 Å². The van der Waals surface area contributed by atoms with Crippen molar-refractivity contribution in [2.75, 3.05) is 26.8 Å². The number of aryl methyl sites for hydroxylation is 2. The van der Waals surface area contributed by atoms with Gasteiger partial charge < -0.3 is 15.0 Å². The van der Waals surface area contributed by atoms with Gasteiger partial charge >= 0.3 is 0 Å². The average Bonchev–Trinajstić information content (AvgIpc) is 2.79. The molecule has 1 amide bonds. The summed E-state index contributed by atoms with van der Waals surface area (Å²) >= 11 is 1.75. The largest absolute Gasteiger partial charge is 0.375 e. The van der Waals surface area contributed by atoms with Crippen LogP contribution in [0.2, 0.25) is 0 Å². The summed E-state index contributed by atoms with van der Waals surface area (Å²) in [7, 11) is 1.56. The molecule has 1 aliphatic heterocycles. The standard InChI is InChI=1S/C15H25N3O2S/c1-10(15-11(2)21-12(3)17-15)16-13-5-7-18(8-6-13)14(19)9-20-4/h10,13,16H,5-9H2,1-4H3. The first-order valence-electron chi connectivity index (χ1n) is 7.48. The highest BCUT2D eigenvalue weighted by atomic mass is 32.1. The number of methoxy groups -OCH3 is 1. The third kappa shape index (κ3) is 4.25. The van der Waals surface area contributed by atoms with E-state index in [1.807, 2.05) is 11.8 Å². The molecule has 0 aromatic carbocycles. The summed E-state index contributed by atoms with van der Waals surface area (Å²) in [6, 6.07) is 0.717. The van der Waals surface area contributed by atoms with Crippen LogP contribution in [0.5, 0.6) is 0 Å². The molecule has 21 heavy (non-hydrogen) atoms. The summed E-state index contributed by atoms with van der Waals surface area (Å²) in [6.07, 6.45) is 1.98. The molecule has 1 unspecified atom stereocenters. The van der Waals surface area contributed by atoms with Crippen LogP contribution in [0.3, 0.4) is 0 Å². The van der Waals surface area contributed by atoms with E-state index in [4.69, 9.17) is 4.74 Å². The number of amides is 1. The molecular formula is C15H25N3O2S. The third-order valence-corrected chi connectivity index (χ3v) is 4.85.